The predicted octanol–water partition coefficient (Wildman–Crippen LogP) is 5.44. The first-order chi connectivity index (χ1) is 18.0. The van der Waals surface area contributed by atoms with Gasteiger partial charge in [-0.3, -0.25) is 4.79 Å². The fourth-order valence-corrected chi connectivity index (χ4v) is 6.30. The van der Waals surface area contributed by atoms with Crippen molar-refractivity contribution >= 4 is 23.5 Å². The van der Waals surface area contributed by atoms with Gasteiger partial charge in [0.15, 0.2) is 0 Å². The van der Waals surface area contributed by atoms with Crippen LogP contribution in [0.2, 0.25) is 5.02 Å². The molecule has 0 bridgehead atoms. The summed E-state index contributed by atoms with van der Waals surface area (Å²) in [6.45, 7) is 2.57. The van der Waals surface area contributed by atoms with Crippen LogP contribution in [0.5, 0.6) is 5.75 Å². The van der Waals surface area contributed by atoms with Crippen molar-refractivity contribution < 1.29 is 13.9 Å². The topological polar surface area (TPSA) is 67.3 Å². The van der Waals surface area contributed by atoms with Crippen molar-refractivity contribution in [1.29, 1.82) is 0 Å². The standard InChI is InChI=1S/C29H36ClFN4O2/c30-23-16-32-29(33-17-23)35-10-7-18(8-11-35)25-13-21(25)9-12-37-24-6-5-22(26(31)15-24)14-27(36)34-28(19-1-2-19)20-3-4-20/h5-6,15-21,25,28H,1-4,7-14H2,(H,34,36)/t21-,25-/m1/s1. The highest BCUT2D eigenvalue weighted by Gasteiger charge is 2.43. The van der Waals surface area contributed by atoms with Gasteiger partial charge in [0.05, 0.1) is 30.4 Å². The number of rotatable bonds is 11. The molecule has 3 saturated carbocycles. The van der Waals surface area contributed by atoms with Crippen LogP contribution >= 0.6 is 11.6 Å². The zero-order valence-electron chi connectivity index (χ0n) is 21.3. The Bertz CT molecular complexity index is 1090. The molecule has 2 aromatic rings. The summed E-state index contributed by atoms with van der Waals surface area (Å²) in [6, 6.07) is 5.23. The molecule has 1 N–H and O–H groups in total. The molecule has 6 nitrogen and oxygen atoms in total. The molecule has 4 fully saturated rings. The Morgan fingerprint density at radius 3 is 2.46 bits per heavy atom. The summed E-state index contributed by atoms with van der Waals surface area (Å²) in [5.41, 5.74) is 0.438. The third-order valence-corrected chi connectivity index (χ3v) is 8.93. The number of amides is 1. The minimum absolute atomic E-state index is 0.0670. The Labute approximate surface area is 223 Å². The van der Waals surface area contributed by atoms with E-state index in [1.54, 1.807) is 24.5 Å². The van der Waals surface area contributed by atoms with E-state index in [0.717, 1.165) is 50.1 Å². The van der Waals surface area contributed by atoms with Crippen molar-refractivity contribution in [2.75, 3.05) is 24.6 Å². The maximum absolute atomic E-state index is 14.7. The van der Waals surface area contributed by atoms with E-state index in [2.05, 4.69) is 20.2 Å². The summed E-state index contributed by atoms with van der Waals surface area (Å²) in [5.74, 6) is 4.37. The van der Waals surface area contributed by atoms with Crippen LogP contribution in [0.3, 0.4) is 0 Å². The van der Waals surface area contributed by atoms with Gasteiger partial charge in [-0.25, -0.2) is 14.4 Å². The van der Waals surface area contributed by atoms with E-state index < -0.39 is 0 Å². The fourth-order valence-electron chi connectivity index (χ4n) is 6.21. The first-order valence-electron chi connectivity index (χ1n) is 14.0. The van der Waals surface area contributed by atoms with E-state index in [4.69, 9.17) is 16.3 Å². The SMILES string of the molecule is O=C(Cc1ccc(OCC[C@@H]2C[C@@H]2C2CCN(c3ncc(Cl)cn3)CC2)cc1F)NC(C1CC1)C1CC1. The van der Waals surface area contributed by atoms with Gasteiger partial charge in [0.2, 0.25) is 11.9 Å². The normalized spacial score (nSPS) is 23.8. The van der Waals surface area contributed by atoms with Crippen LogP contribution in [-0.2, 0) is 11.2 Å². The van der Waals surface area contributed by atoms with E-state index in [0.29, 0.717) is 46.7 Å². The number of piperidine rings is 1. The molecule has 0 unspecified atom stereocenters. The van der Waals surface area contributed by atoms with Gasteiger partial charge in [-0.05, 0) is 92.6 Å². The maximum atomic E-state index is 14.7. The Balaban J connectivity index is 0.906. The summed E-state index contributed by atoms with van der Waals surface area (Å²) in [5, 5.41) is 3.74. The number of nitrogens with one attached hydrogen (secondary N) is 1. The molecule has 2 atom stereocenters. The number of carbonyl (C=O) groups is 1. The van der Waals surface area contributed by atoms with Gasteiger partial charge in [0.25, 0.3) is 0 Å². The summed E-state index contributed by atoms with van der Waals surface area (Å²) >= 11 is 5.90. The second-order valence-corrected chi connectivity index (χ2v) is 12.0. The smallest absolute Gasteiger partial charge is 0.225 e. The Kier molecular flexibility index (Phi) is 7.24. The molecule has 1 amide bonds. The molecule has 198 valence electrons. The first-order valence-corrected chi connectivity index (χ1v) is 14.3. The van der Waals surface area contributed by atoms with Crippen LogP contribution in [0, 0.1) is 35.4 Å². The summed E-state index contributed by atoms with van der Waals surface area (Å²) < 4.78 is 20.6. The van der Waals surface area contributed by atoms with E-state index >= 15 is 0 Å². The number of halogens is 2. The lowest BCUT2D eigenvalue weighted by Gasteiger charge is -2.32. The van der Waals surface area contributed by atoms with E-state index in [-0.39, 0.29) is 18.1 Å². The van der Waals surface area contributed by atoms with Gasteiger partial charge < -0.3 is 15.0 Å². The Morgan fingerprint density at radius 2 is 1.81 bits per heavy atom. The number of ether oxygens (including phenoxy) is 1. The zero-order valence-corrected chi connectivity index (χ0v) is 22.0. The molecular weight excluding hydrogens is 491 g/mol. The van der Waals surface area contributed by atoms with E-state index in [9.17, 15) is 9.18 Å². The lowest BCUT2D eigenvalue weighted by molar-refractivity contribution is -0.121. The van der Waals surface area contributed by atoms with Gasteiger partial charge in [-0.1, -0.05) is 17.7 Å². The highest BCUT2D eigenvalue weighted by molar-refractivity contribution is 6.30. The number of anilines is 1. The minimum Gasteiger partial charge on any atom is -0.493 e. The second-order valence-electron chi connectivity index (χ2n) is 11.5. The average Bonchev–Trinajstić information content (AvgIpc) is 3.75. The lowest BCUT2D eigenvalue weighted by Crippen LogP contribution is -2.39. The van der Waals surface area contributed by atoms with Crippen LogP contribution in [0.25, 0.3) is 0 Å². The molecular formula is C29H36ClFN4O2. The van der Waals surface area contributed by atoms with Gasteiger partial charge in [0, 0.05) is 25.2 Å². The highest BCUT2D eigenvalue weighted by Crippen LogP contribution is 2.50. The van der Waals surface area contributed by atoms with Gasteiger partial charge in [-0.2, -0.15) is 0 Å². The number of carbonyl (C=O) groups excluding carboxylic acids is 1. The average molecular weight is 527 g/mol. The van der Waals surface area contributed by atoms with E-state index in [1.165, 1.54) is 38.2 Å². The maximum Gasteiger partial charge on any atom is 0.225 e. The molecule has 37 heavy (non-hydrogen) atoms. The van der Waals surface area contributed by atoms with Crippen molar-refractivity contribution in [3.8, 4) is 5.75 Å². The monoisotopic (exact) mass is 526 g/mol. The molecule has 1 aromatic heterocycles. The molecule has 0 radical (unpaired) electrons. The summed E-state index contributed by atoms with van der Waals surface area (Å²) in [6.07, 6.45) is 12.8. The molecule has 0 spiro atoms. The summed E-state index contributed by atoms with van der Waals surface area (Å²) in [7, 11) is 0. The molecule has 1 saturated heterocycles. The lowest BCUT2D eigenvalue weighted by atomic mass is 9.90. The largest absolute Gasteiger partial charge is 0.493 e. The zero-order chi connectivity index (χ0) is 25.4. The van der Waals surface area contributed by atoms with Gasteiger partial charge in [0.1, 0.15) is 11.6 Å². The van der Waals surface area contributed by atoms with Crippen molar-refractivity contribution in [1.82, 2.24) is 15.3 Å². The molecule has 1 aromatic carbocycles. The first kappa shape index (κ1) is 24.9. The molecule has 6 rings (SSSR count). The second kappa shape index (κ2) is 10.8. The van der Waals surface area contributed by atoms with Crippen molar-refractivity contribution in [3.05, 3.63) is 47.0 Å². The van der Waals surface area contributed by atoms with Crippen molar-refractivity contribution in [3.63, 3.8) is 0 Å². The minimum atomic E-state index is -0.359. The molecule has 1 aliphatic heterocycles. The number of aromatic nitrogens is 2. The summed E-state index contributed by atoms with van der Waals surface area (Å²) in [4.78, 5) is 23.5. The number of hydrogen-bond donors (Lipinski definition) is 1. The Hall–Kier alpha value is -2.41. The number of benzene rings is 1. The molecule has 2 heterocycles. The van der Waals surface area contributed by atoms with Gasteiger partial charge in [-0.15, -0.1) is 0 Å². The van der Waals surface area contributed by atoms with Gasteiger partial charge >= 0.3 is 0 Å². The third kappa shape index (κ3) is 6.36. The predicted molar refractivity (Wildman–Crippen MR) is 141 cm³/mol. The molecule has 3 aliphatic carbocycles. The third-order valence-electron chi connectivity index (χ3n) is 8.73. The molecule has 4 aliphatic rings. The van der Waals surface area contributed by atoms with Crippen LogP contribution in [0.15, 0.2) is 30.6 Å². The number of nitrogens with zero attached hydrogens (tertiary/aromatic N) is 3. The van der Waals surface area contributed by atoms with Crippen LogP contribution < -0.4 is 15.0 Å². The van der Waals surface area contributed by atoms with Crippen LogP contribution in [-0.4, -0.2) is 41.6 Å². The van der Waals surface area contributed by atoms with Crippen molar-refractivity contribution in [2.24, 2.45) is 29.6 Å². The van der Waals surface area contributed by atoms with E-state index in [1.807, 2.05) is 0 Å². The van der Waals surface area contributed by atoms with Crippen LogP contribution in [0.4, 0.5) is 10.3 Å². The molecule has 8 heteroatoms. The number of hydrogen-bond acceptors (Lipinski definition) is 5. The quantitative estimate of drug-likeness (QED) is 0.422. The fraction of sp³-hybridized carbons (Fsp3) is 0.621. The Morgan fingerprint density at radius 1 is 1.11 bits per heavy atom. The van der Waals surface area contributed by atoms with Crippen molar-refractivity contribution in [2.45, 2.75) is 63.8 Å². The highest BCUT2D eigenvalue weighted by atomic mass is 35.5. The van der Waals surface area contributed by atoms with Crippen LogP contribution in [0.1, 0.15) is 56.9 Å².